The SMILES string of the molecule is CC(C)n1cc(/C=C2\SC(=O)N(Cc3ccccc3Br)C2=O)c2ccccc21. The lowest BCUT2D eigenvalue weighted by molar-refractivity contribution is -0.123. The lowest BCUT2D eigenvalue weighted by Crippen LogP contribution is -2.27. The number of nitrogens with zero attached hydrogens (tertiary/aromatic N) is 2. The van der Waals surface area contributed by atoms with Crippen molar-refractivity contribution in [2.24, 2.45) is 0 Å². The highest BCUT2D eigenvalue weighted by Gasteiger charge is 2.35. The van der Waals surface area contributed by atoms with Gasteiger partial charge in [0.15, 0.2) is 0 Å². The Kier molecular flexibility index (Phi) is 5.17. The molecule has 1 aliphatic rings. The highest BCUT2D eigenvalue weighted by Crippen LogP contribution is 2.36. The average molecular weight is 455 g/mol. The number of para-hydroxylation sites is 1. The van der Waals surface area contributed by atoms with Crippen molar-refractivity contribution in [2.75, 3.05) is 0 Å². The lowest BCUT2D eigenvalue weighted by atomic mass is 10.1. The van der Waals surface area contributed by atoms with Crippen molar-refractivity contribution in [2.45, 2.75) is 26.4 Å². The van der Waals surface area contributed by atoms with Gasteiger partial charge in [0.05, 0.1) is 11.4 Å². The largest absolute Gasteiger partial charge is 0.344 e. The van der Waals surface area contributed by atoms with Crippen molar-refractivity contribution in [3.63, 3.8) is 0 Å². The van der Waals surface area contributed by atoms with Crippen LogP contribution in [0.5, 0.6) is 0 Å². The number of fused-ring (bicyclic) bond motifs is 1. The third-order valence-corrected chi connectivity index (χ3v) is 6.46. The molecular weight excluding hydrogens is 436 g/mol. The normalized spacial score (nSPS) is 16.1. The molecule has 1 aromatic heterocycles. The third kappa shape index (κ3) is 3.42. The Morgan fingerprint density at radius 1 is 1.07 bits per heavy atom. The molecule has 1 saturated heterocycles. The molecular formula is C22H19BrN2O2S. The maximum Gasteiger partial charge on any atom is 0.293 e. The summed E-state index contributed by atoms with van der Waals surface area (Å²) in [5.74, 6) is -0.243. The van der Waals surface area contributed by atoms with Gasteiger partial charge >= 0.3 is 0 Å². The molecule has 2 heterocycles. The molecule has 2 aromatic carbocycles. The van der Waals surface area contributed by atoms with Crippen LogP contribution in [0, 0.1) is 0 Å². The van der Waals surface area contributed by atoms with Crippen LogP contribution in [0.25, 0.3) is 17.0 Å². The first-order valence-corrected chi connectivity index (χ1v) is 10.6. The smallest absolute Gasteiger partial charge is 0.293 e. The zero-order chi connectivity index (χ0) is 19.8. The molecule has 2 amide bonds. The fourth-order valence-electron chi connectivity index (χ4n) is 3.35. The molecule has 0 bridgehead atoms. The maximum absolute atomic E-state index is 12.9. The molecule has 0 radical (unpaired) electrons. The first kappa shape index (κ1) is 19.0. The second kappa shape index (κ2) is 7.60. The van der Waals surface area contributed by atoms with Crippen molar-refractivity contribution >= 4 is 55.8 Å². The first-order valence-electron chi connectivity index (χ1n) is 9.04. The van der Waals surface area contributed by atoms with E-state index in [0.29, 0.717) is 10.9 Å². The molecule has 0 N–H and O–H groups in total. The van der Waals surface area contributed by atoms with Gasteiger partial charge in [-0.2, -0.15) is 0 Å². The molecule has 4 rings (SSSR count). The summed E-state index contributed by atoms with van der Waals surface area (Å²) in [5, 5.41) is 0.841. The highest BCUT2D eigenvalue weighted by atomic mass is 79.9. The van der Waals surface area contributed by atoms with Gasteiger partial charge in [0.25, 0.3) is 11.1 Å². The van der Waals surface area contributed by atoms with Crippen LogP contribution < -0.4 is 0 Å². The topological polar surface area (TPSA) is 42.3 Å². The minimum Gasteiger partial charge on any atom is -0.344 e. The number of hydrogen-bond donors (Lipinski definition) is 0. The van der Waals surface area contributed by atoms with Crippen molar-refractivity contribution < 1.29 is 9.59 Å². The van der Waals surface area contributed by atoms with Crippen LogP contribution in [0.15, 0.2) is 64.1 Å². The molecule has 1 fully saturated rings. The first-order chi connectivity index (χ1) is 13.5. The average Bonchev–Trinajstić information content (AvgIpc) is 3.17. The summed E-state index contributed by atoms with van der Waals surface area (Å²) in [7, 11) is 0. The van der Waals surface area contributed by atoms with E-state index in [9.17, 15) is 9.59 Å². The van der Waals surface area contributed by atoms with Crippen LogP contribution >= 0.6 is 27.7 Å². The summed E-state index contributed by atoms with van der Waals surface area (Å²) >= 11 is 4.48. The summed E-state index contributed by atoms with van der Waals surface area (Å²) in [5.41, 5.74) is 2.98. The van der Waals surface area contributed by atoms with Crippen LogP contribution in [0.2, 0.25) is 0 Å². The molecule has 3 aromatic rings. The van der Waals surface area contributed by atoms with Crippen molar-refractivity contribution in [1.82, 2.24) is 9.47 Å². The van der Waals surface area contributed by atoms with E-state index in [1.807, 2.05) is 48.5 Å². The van der Waals surface area contributed by atoms with Gasteiger partial charge in [-0.05, 0) is 49.4 Å². The van der Waals surface area contributed by atoms with Gasteiger partial charge in [0.2, 0.25) is 0 Å². The predicted molar refractivity (Wildman–Crippen MR) is 118 cm³/mol. The number of benzene rings is 2. The van der Waals surface area contributed by atoms with Crippen LogP contribution in [0.3, 0.4) is 0 Å². The van der Waals surface area contributed by atoms with Gasteiger partial charge < -0.3 is 4.57 Å². The number of thioether (sulfide) groups is 1. The summed E-state index contributed by atoms with van der Waals surface area (Å²) < 4.78 is 3.07. The summed E-state index contributed by atoms with van der Waals surface area (Å²) in [6.45, 7) is 4.51. The van der Waals surface area contributed by atoms with E-state index in [2.05, 4.69) is 46.6 Å². The second-order valence-electron chi connectivity index (χ2n) is 6.96. The number of aromatic nitrogens is 1. The number of hydrogen-bond acceptors (Lipinski definition) is 3. The Labute approximate surface area is 176 Å². The fourth-order valence-corrected chi connectivity index (χ4v) is 4.59. The molecule has 0 unspecified atom stereocenters. The van der Waals surface area contributed by atoms with E-state index < -0.39 is 0 Å². The van der Waals surface area contributed by atoms with Gasteiger partial charge in [-0.25, -0.2) is 0 Å². The van der Waals surface area contributed by atoms with Crippen molar-refractivity contribution in [1.29, 1.82) is 0 Å². The van der Waals surface area contributed by atoms with E-state index >= 15 is 0 Å². The third-order valence-electron chi connectivity index (χ3n) is 4.77. The quantitative estimate of drug-likeness (QED) is 0.439. The van der Waals surface area contributed by atoms with Crippen LogP contribution in [-0.2, 0) is 11.3 Å². The Morgan fingerprint density at radius 3 is 2.54 bits per heavy atom. The summed E-state index contributed by atoms with van der Waals surface area (Å²) in [6.07, 6.45) is 3.89. The molecule has 0 aliphatic carbocycles. The Bertz CT molecular complexity index is 1120. The van der Waals surface area contributed by atoms with Crippen molar-refractivity contribution in [3.05, 3.63) is 75.2 Å². The van der Waals surface area contributed by atoms with Crippen molar-refractivity contribution in [3.8, 4) is 0 Å². The molecule has 6 heteroatoms. The molecule has 142 valence electrons. The van der Waals surface area contributed by atoms with Crippen LogP contribution in [0.1, 0.15) is 31.0 Å². The number of imide groups is 1. The van der Waals surface area contributed by atoms with E-state index in [1.54, 1.807) is 0 Å². The van der Waals surface area contributed by atoms with E-state index in [4.69, 9.17) is 0 Å². The minimum atomic E-state index is -0.243. The number of amides is 2. The van der Waals surface area contributed by atoms with E-state index in [1.165, 1.54) is 4.90 Å². The highest BCUT2D eigenvalue weighted by molar-refractivity contribution is 9.10. The molecule has 4 nitrogen and oxygen atoms in total. The predicted octanol–water partition coefficient (Wildman–Crippen LogP) is 6.22. The number of carbonyl (C=O) groups excluding carboxylic acids is 2. The van der Waals surface area contributed by atoms with Gasteiger partial charge in [0.1, 0.15) is 0 Å². The zero-order valence-corrected chi connectivity index (χ0v) is 18.0. The Hall–Kier alpha value is -2.31. The molecule has 28 heavy (non-hydrogen) atoms. The van der Waals surface area contributed by atoms with Crippen LogP contribution in [0.4, 0.5) is 4.79 Å². The standard InChI is InChI=1S/C22H19BrN2O2S/c1-14(2)24-13-16(17-8-4-6-10-19(17)24)11-20-21(26)25(22(27)28-20)12-15-7-3-5-9-18(15)23/h3-11,13-14H,12H2,1-2H3/b20-11-. The number of rotatable bonds is 4. The Morgan fingerprint density at radius 2 is 1.79 bits per heavy atom. The minimum absolute atomic E-state index is 0.236. The lowest BCUT2D eigenvalue weighted by Gasteiger charge is -2.13. The Balaban J connectivity index is 1.68. The van der Waals surface area contributed by atoms with E-state index in [0.717, 1.165) is 38.3 Å². The maximum atomic E-state index is 12.9. The molecule has 1 aliphatic heterocycles. The summed E-state index contributed by atoms with van der Waals surface area (Å²) in [6, 6.07) is 16.0. The van der Waals surface area contributed by atoms with Gasteiger partial charge in [-0.3, -0.25) is 14.5 Å². The molecule has 0 spiro atoms. The van der Waals surface area contributed by atoms with Crippen LogP contribution in [-0.4, -0.2) is 20.6 Å². The fraction of sp³-hybridized carbons (Fsp3) is 0.182. The summed E-state index contributed by atoms with van der Waals surface area (Å²) in [4.78, 5) is 27.2. The van der Waals surface area contributed by atoms with E-state index in [-0.39, 0.29) is 17.7 Å². The number of carbonyl (C=O) groups is 2. The molecule has 0 saturated carbocycles. The second-order valence-corrected chi connectivity index (χ2v) is 8.81. The zero-order valence-electron chi connectivity index (χ0n) is 15.6. The van der Waals surface area contributed by atoms with Gasteiger partial charge in [-0.1, -0.05) is 52.3 Å². The molecule has 0 atom stereocenters. The van der Waals surface area contributed by atoms with Gasteiger partial charge in [-0.15, -0.1) is 0 Å². The monoisotopic (exact) mass is 454 g/mol. The number of halogens is 1. The van der Waals surface area contributed by atoms with Gasteiger partial charge in [0, 0.05) is 33.2 Å².